The second-order valence-electron chi connectivity index (χ2n) is 3.60. The van der Waals surface area contributed by atoms with E-state index >= 15 is 0 Å². The van der Waals surface area contributed by atoms with Crippen LogP contribution in [0.2, 0.25) is 0 Å². The van der Waals surface area contributed by atoms with Crippen LogP contribution in [0.1, 0.15) is 38.1 Å². The van der Waals surface area contributed by atoms with Gasteiger partial charge in [-0.15, -0.1) is 5.10 Å². The van der Waals surface area contributed by atoms with Gasteiger partial charge >= 0.3 is 0 Å². The van der Waals surface area contributed by atoms with E-state index < -0.39 is 0 Å². The molecule has 1 aliphatic rings. The van der Waals surface area contributed by atoms with Crippen molar-refractivity contribution in [3.8, 4) is 6.07 Å². The Morgan fingerprint density at radius 3 is 3.07 bits per heavy atom. The third-order valence-electron chi connectivity index (χ3n) is 2.27. The van der Waals surface area contributed by atoms with Gasteiger partial charge in [0.25, 0.3) is 0 Å². The molecule has 0 bridgehead atoms. The Bertz CT molecular complexity index is 352. The van der Waals surface area contributed by atoms with Crippen LogP contribution in [0.15, 0.2) is 5.16 Å². The molecule has 2 rings (SSSR count). The Balaban J connectivity index is 1.73. The third kappa shape index (κ3) is 2.93. The monoisotopic (exact) mass is 223 g/mol. The van der Waals surface area contributed by atoms with Gasteiger partial charge in [-0.2, -0.15) is 5.26 Å². The van der Waals surface area contributed by atoms with Crippen molar-refractivity contribution < 1.29 is 0 Å². The molecule has 0 radical (unpaired) electrons. The van der Waals surface area contributed by atoms with Gasteiger partial charge in [0, 0.05) is 12.2 Å². The highest BCUT2D eigenvalue weighted by Crippen LogP contribution is 2.36. The first-order valence-electron chi connectivity index (χ1n) is 5.19. The minimum atomic E-state index is 0.543. The fourth-order valence-corrected chi connectivity index (χ4v) is 2.24. The van der Waals surface area contributed by atoms with Crippen molar-refractivity contribution in [2.75, 3.05) is 5.75 Å². The number of aromatic nitrogens is 4. The lowest BCUT2D eigenvalue weighted by atomic mass is 10.3. The highest BCUT2D eigenvalue weighted by molar-refractivity contribution is 7.99. The zero-order chi connectivity index (χ0) is 10.5. The SMILES string of the molecule is N#CCCCCSc1nnnn1C1CC1. The first-order valence-corrected chi connectivity index (χ1v) is 6.18. The first-order chi connectivity index (χ1) is 7.42. The van der Waals surface area contributed by atoms with E-state index in [1.165, 1.54) is 12.8 Å². The van der Waals surface area contributed by atoms with Crippen molar-refractivity contribution in [1.29, 1.82) is 5.26 Å². The molecular formula is C9H13N5S. The summed E-state index contributed by atoms with van der Waals surface area (Å²) in [4.78, 5) is 0. The Labute approximate surface area is 92.8 Å². The summed E-state index contributed by atoms with van der Waals surface area (Å²) in [5, 5.41) is 21.0. The van der Waals surface area contributed by atoms with Crippen molar-refractivity contribution in [3.05, 3.63) is 0 Å². The van der Waals surface area contributed by atoms with E-state index in [4.69, 9.17) is 5.26 Å². The number of rotatable bonds is 6. The van der Waals surface area contributed by atoms with Crippen LogP contribution in [0.4, 0.5) is 0 Å². The van der Waals surface area contributed by atoms with Crippen LogP contribution in [0.5, 0.6) is 0 Å². The Hall–Kier alpha value is -1.09. The van der Waals surface area contributed by atoms with Gasteiger partial charge < -0.3 is 0 Å². The largest absolute Gasteiger partial charge is 0.217 e. The Morgan fingerprint density at radius 1 is 1.47 bits per heavy atom. The lowest BCUT2D eigenvalue weighted by Gasteiger charge is -2.00. The second-order valence-corrected chi connectivity index (χ2v) is 4.66. The van der Waals surface area contributed by atoms with Crippen LogP contribution in [0, 0.1) is 11.3 Å². The molecule has 1 saturated carbocycles. The van der Waals surface area contributed by atoms with Crippen molar-refractivity contribution in [2.24, 2.45) is 0 Å². The first kappa shape index (κ1) is 10.4. The molecule has 1 aromatic rings. The van der Waals surface area contributed by atoms with Gasteiger partial charge in [0.15, 0.2) is 0 Å². The molecule has 0 saturated heterocycles. The third-order valence-corrected chi connectivity index (χ3v) is 3.29. The smallest absolute Gasteiger partial charge is 0.209 e. The summed E-state index contributed by atoms with van der Waals surface area (Å²) in [5.41, 5.74) is 0. The summed E-state index contributed by atoms with van der Waals surface area (Å²) in [5.74, 6) is 0.995. The van der Waals surface area contributed by atoms with Crippen LogP contribution >= 0.6 is 11.8 Å². The molecule has 0 N–H and O–H groups in total. The fraction of sp³-hybridized carbons (Fsp3) is 0.778. The van der Waals surface area contributed by atoms with Gasteiger partial charge in [0.05, 0.1) is 12.1 Å². The van der Waals surface area contributed by atoms with E-state index in [2.05, 4.69) is 21.6 Å². The topological polar surface area (TPSA) is 67.4 Å². The quantitative estimate of drug-likeness (QED) is 0.543. The number of unbranched alkanes of at least 4 members (excludes halogenated alkanes) is 2. The number of thioether (sulfide) groups is 1. The lowest BCUT2D eigenvalue weighted by Crippen LogP contribution is -1.99. The molecule has 0 aliphatic heterocycles. The van der Waals surface area contributed by atoms with Crippen LogP contribution in [-0.2, 0) is 0 Å². The van der Waals surface area contributed by atoms with E-state index in [1.54, 1.807) is 11.8 Å². The summed E-state index contributed by atoms with van der Waals surface area (Å²) < 4.78 is 1.93. The molecule has 0 spiro atoms. The maximum Gasteiger partial charge on any atom is 0.209 e. The van der Waals surface area contributed by atoms with Gasteiger partial charge in [0.2, 0.25) is 5.16 Å². The highest BCUT2D eigenvalue weighted by Gasteiger charge is 2.27. The Morgan fingerprint density at radius 2 is 2.33 bits per heavy atom. The molecule has 0 atom stereocenters. The predicted octanol–water partition coefficient (Wildman–Crippen LogP) is 1.79. The Kier molecular flexibility index (Phi) is 3.56. The molecule has 1 aliphatic carbocycles. The number of nitrogens with zero attached hydrogens (tertiary/aromatic N) is 5. The number of tetrazole rings is 1. The molecule has 0 aromatic carbocycles. The standard InChI is InChI=1S/C9H13N5S/c10-6-2-1-3-7-15-9-11-12-13-14(9)8-4-5-8/h8H,1-5,7H2. The molecule has 1 fully saturated rings. The van der Waals surface area contributed by atoms with E-state index in [-0.39, 0.29) is 0 Å². The van der Waals surface area contributed by atoms with Crippen molar-refractivity contribution in [2.45, 2.75) is 43.3 Å². The van der Waals surface area contributed by atoms with Crippen LogP contribution in [0.25, 0.3) is 0 Å². The molecule has 0 amide bonds. The minimum absolute atomic E-state index is 0.543. The van der Waals surface area contributed by atoms with E-state index in [0.29, 0.717) is 12.5 Å². The van der Waals surface area contributed by atoms with Crippen molar-refractivity contribution in [3.63, 3.8) is 0 Å². The zero-order valence-electron chi connectivity index (χ0n) is 8.46. The normalized spacial score (nSPS) is 15.1. The van der Waals surface area contributed by atoms with Gasteiger partial charge in [0.1, 0.15) is 0 Å². The molecule has 0 unspecified atom stereocenters. The van der Waals surface area contributed by atoms with Gasteiger partial charge in [-0.25, -0.2) is 4.68 Å². The molecule has 80 valence electrons. The van der Waals surface area contributed by atoms with E-state index in [1.807, 2.05) is 4.68 Å². The molecule has 1 heterocycles. The number of hydrogen-bond acceptors (Lipinski definition) is 5. The average Bonchev–Trinajstić information content (AvgIpc) is 2.99. The lowest BCUT2D eigenvalue weighted by molar-refractivity contribution is 0.565. The summed E-state index contributed by atoms with van der Waals surface area (Å²) in [6.07, 6.45) is 5.07. The number of nitriles is 1. The van der Waals surface area contributed by atoms with Gasteiger partial charge in [-0.3, -0.25) is 0 Å². The maximum atomic E-state index is 8.38. The maximum absolute atomic E-state index is 8.38. The fourth-order valence-electron chi connectivity index (χ4n) is 1.30. The average molecular weight is 223 g/mol. The second kappa shape index (κ2) is 5.12. The summed E-state index contributed by atoms with van der Waals surface area (Å²) in [7, 11) is 0. The molecule has 5 nitrogen and oxygen atoms in total. The molecule has 15 heavy (non-hydrogen) atoms. The predicted molar refractivity (Wildman–Crippen MR) is 56.3 cm³/mol. The molecule has 6 heteroatoms. The van der Waals surface area contributed by atoms with Gasteiger partial charge in [-0.05, 0) is 36.1 Å². The highest BCUT2D eigenvalue weighted by atomic mass is 32.2. The van der Waals surface area contributed by atoms with Crippen LogP contribution in [-0.4, -0.2) is 26.0 Å². The summed E-state index contributed by atoms with van der Waals surface area (Å²) in [6.45, 7) is 0. The van der Waals surface area contributed by atoms with Crippen molar-refractivity contribution in [1.82, 2.24) is 20.2 Å². The summed E-state index contributed by atoms with van der Waals surface area (Å²) >= 11 is 1.69. The number of hydrogen-bond donors (Lipinski definition) is 0. The van der Waals surface area contributed by atoms with Gasteiger partial charge in [-0.1, -0.05) is 11.8 Å². The summed E-state index contributed by atoms with van der Waals surface area (Å²) in [6, 6.07) is 2.69. The zero-order valence-corrected chi connectivity index (χ0v) is 9.28. The van der Waals surface area contributed by atoms with E-state index in [9.17, 15) is 0 Å². The molecule has 1 aromatic heterocycles. The van der Waals surface area contributed by atoms with Crippen LogP contribution in [0.3, 0.4) is 0 Å². The van der Waals surface area contributed by atoms with E-state index in [0.717, 1.165) is 23.8 Å². The minimum Gasteiger partial charge on any atom is -0.217 e. The van der Waals surface area contributed by atoms with Crippen LogP contribution < -0.4 is 0 Å². The van der Waals surface area contributed by atoms with Crippen molar-refractivity contribution >= 4 is 11.8 Å². The molecular weight excluding hydrogens is 210 g/mol.